The van der Waals surface area contributed by atoms with Gasteiger partial charge in [-0.05, 0) is 42.0 Å². The lowest BCUT2D eigenvalue weighted by molar-refractivity contribution is -0.129. The predicted molar refractivity (Wildman–Crippen MR) is 114 cm³/mol. The van der Waals surface area contributed by atoms with Crippen molar-refractivity contribution in [1.29, 1.82) is 5.26 Å². The Hall–Kier alpha value is -2.43. The molecule has 2 heterocycles. The molecule has 0 bridgehead atoms. The minimum atomic E-state index is -0.183. The van der Waals surface area contributed by atoms with Crippen molar-refractivity contribution in [1.82, 2.24) is 4.90 Å². The van der Waals surface area contributed by atoms with Gasteiger partial charge in [-0.1, -0.05) is 39.8 Å². The first-order valence-corrected chi connectivity index (χ1v) is 10.6. The molecule has 7 heteroatoms. The maximum absolute atomic E-state index is 12.9. The van der Waals surface area contributed by atoms with E-state index in [0.717, 1.165) is 26.5 Å². The van der Waals surface area contributed by atoms with Crippen molar-refractivity contribution in [2.24, 2.45) is 0 Å². The topological polar surface area (TPSA) is 56.6 Å². The van der Waals surface area contributed by atoms with Crippen molar-refractivity contribution in [3.63, 3.8) is 0 Å². The standard InChI is InChI=1S/C21H18BrN3O2S/c1-27-17-8-6-16(7-9-17)24-12-25-20(26)10-18(14-2-4-15(22)5-3-14)19(11-23)21(25)28-13-24/h2-9,18H,10,12-13H2,1H3. The summed E-state index contributed by atoms with van der Waals surface area (Å²) in [5, 5.41) is 10.6. The summed E-state index contributed by atoms with van der Waals surface area (Å²) in [5.74, 6) is 1.35. The number of rotatable bonds is 3. The number of amides is 1. The van der Waals surface area contributed by atoms with Crippen molar-refractivity contribution in [3.05, 3.63) is 69.2 Å². The van der Waals surface area contributed by atoms with Crippen molar-refractivity contribution >= 4 is 39.3 Å². The number of thioether (sulfide) groups is 1. The zero-order valence-corrected chi connectivity index (χ0v) is 17.7. The number of benzene rings is 2. The monoisotopic (exact) mass is 455 g/mol. The summed E-state index contributed by atoms with van der Waals surface area (Å²) in [5.41, 5.74) is 2.70. The van der Waals surface area contributed by atoms with Crippen LogP contribution in [-0.2, 0) is 4.79 Å². The van der Waals surface area contributed by atoms with Gasteiger partial charge in [-0.15, -0.1) is 0 Å². The van der Waals surface area contributed by atoms with E-state index in [4.69, 9.17) is 4.74 Å². The lowest BCUT2D eigenvalue weighted by Gasteiger charge is -2.42. The van der Waals surface area contributed by atoms with E-state index in [9.17, 15) is 10.1 Å². The minimum Gasteiger partial charge on any atom is -0.497 e. The Labute approximate surface area is 176 Å². The van der Waals surface area contributed by atoms with E-state index in [2.05, 4.69) is 26.9 Å². The number of halogens is 1. The van der Waals surface area contributed by atoms with Gasteiger partial charge in [0.25, 0.3) is 0 Å². The number of carbonyl (C=O) groups excluding carboxylic acids is 1. The molecule has 0 radical (unpaired) electrons. The van der Waals surface area contributed by atoms with Crippen LogP contribution in [0, 0.1) is 11.3 Å². The highest BCUT2D eigenvalue weighted by Gasteiger charge is 2.38. The zero-order chi connectivity index (χ0) is 19.7. The van der Waals surface area contributed by atoms with E-state index in [-0.39, 0.29) is 11.8 Å². The first-order chi connectivity index (χ1) is 13.6. The van der Waals surface area contributed by atoms with Gasteiger partial charge in [0.05, 0.1) is 36.3 Å². The van der Waals surface area contributed by atoms with Gasteiger partial charge in [0, 0.05) is 22.5 Å². The zero-order valence-electron chi connectivity index (χ0n) is 15.3. The summed E-state index contributed by atoms with van der Waals surface area (Å²) in [6.07, 6.45) is 0.311. The van der Waals surface area contributed by atoms with Crippen LogP contribution in [0.5, 0.6) is 5.75 Å². The second kappa shape index (κ2) is 7.90. The quantitative estimate of drug-likeness (QED) is 0.672. The highest BCUT2D eigenvalue weighted by atomic mass is 79.9. The third-order valence-corrected chi connectivity index (χ3v) is 6.69. The van der Waals surface area contributed by atoms with Gasteiger partial charge in [0.2, 0.25) is 5.91 Å². The molecule has 1 fully saturated rings. The molecule has 5 nitrogen and oxygen atoms in total. The van der Waals surface area contributed by atoms with Crippen LogP contribution in [0.25, 0.3) is 0 Å². The van der Waals surface area contributed by atoms with E-state index in [1.807, 2.05) is 48.5 Å². The van der Waals surface area contributed by atoms with Gasteiger partial charge < -0.3 is 9.64 Å². The molecule has 0 aromatic heterocycles. The Balaban J connectivity index is 1.62. The van der Waals surface area contributed by atoms with Crippen molar-refractivity contribution in [2.45, 2.75) is 12.3 Å². The molecule has 2 aliphatic rings. The molecule has 0 saturated carbocycles. The molecule has 142 valence electrons. The molecule has 1 amide bonds. The molecule has 2 aromatic carbocycles. The van der Waals surface area contributed by atoms with Gasteiger partial charge in [-0.2, -0.15) is 5.26 Å². The fourth-order valence-corrected chi connectivity index (χ4v) is 4.93. The Morgan fingerprint density at radius 1 is 1.18 bits per heavy atom. The Bertz CT molecular complexity index is 967. The van der Waals surface area contributed by atoms with Crippen molar-refractivity contribution < 1.29 is 9.53 Å². The Morgan fingerprint density at radius 2 is 1.89 bits per heavy atom. The molecule has 2 aromatic rings. The molecule has 1 saturated heterocycles. The molecular weight excluding hydrogens is 438 g/mol. The Morgan fingerprint density at radius 3 is 2.54 bits per heavy atom. The fraction of sp³-hybridized carbons (Fsp3) is 0.238. The number of ether oxygens (including phenoxy) is 1. The van der Waals surface area contributed by atoms with Crippen LogP contribution in [0.3, 0.4) is 0 Å². The largest absolute Gasteiger partial charge is 0.497 e. The van der Waals surface area contributed by atoms with Crippen molar-refractivity contribution in [2.75, 3.05) is 24.6 Å². The molecule has 0 N–H and O–H groups in total. The maximum atomic E-state index is 12.9. The molecule has 0 aliphatic carbocycles. The molecular formula is C21H18BrN3O2S. The average Bonchev–Trinajstić information content (AvgIpc) is 2.74. The van der Waals surface area contributed by atoms with E-state index in [0.29, 0.717) is 24.5 Å². The SMILES string of the molecule is COc1ccc(N2CSC3=C(C#N)C(c4ccc(Br)cc4)CC(=O)N3C2)cc1. The lowest BCUT2D eigenvalue weighted by atomic mass is 9.86. The normalized spacial score (nSPS) is 19.3. The second-order valence-corrected chi connectivity index (χ2v) is 8.46. The highest BCUT2D eigenvalue weighted by Crippen LogP contribution is 2.43. The molecule has 1 unspecified atom stereocenters. The number of hydrogen-bond acceptors (Lipinski definition) is 5. The number of methoxy groups -OCH3 is 1. The van der Waals surface area contributed by atoms with Gasteiger partial charge >= 0.3 is 0 Å². The summed E-state index contributed by atoms with van der Waals surface area (Å²) in [7, 11) is 1.64. The maximum Gasteiger partial charge on any atom is 0.229 e. The number of nitrogens with zero attached hydrogens (tertiary/aromatic N) is 3. The van der Waals surface area contributed by atoms with E-state index in [1.165, 1.54) is 0 Å². The number of carbonyl (C=O) groups is 1. The minimum absolute atomic E-state index is 0.0487. The first-order valence-electron chi connectivity index (χ1n) is 8.82. The molecule has 0 spiro atoms. The summed E-state index contributed by atoms with van der Waals surface area (Å²) < 4.78 is 6.19. The average molecular weight is 456 g/mol. The fourth-order valence-electron chi connectivity index (χ4n) is 3.50. The number of nitriles is 1. The number of fused-ring (bicyclic) bond motifs is 1. The van der Waals surface area contributed by atoms with Gasteiger partial charge in [-0.25, -0.2) is 0 Å². The van der Waals surface area contributed by atoms with E-state index >= 15 is 0 Å². The summed E-state index contributed by atoms with van der Waals surface area (Å²) in [4.78, 5) is 16.8. The van der Waals surface area contributed by atoms with E-state index in [1.54, 1.807) is 23.8 Å². The smallest absolute Gasteiger partial charge is 0.229 e. The third-order valence-electron chi connectivity index (χ3n) is 5.00. The van der Waals surface area contributed by atoms with E-state index < -0.39 is 0 Å². The number of anilines is 1. The van der Waals surface area contributed by atoms with Gasteiger partial charge in [-0.3, -0.25) is 9.69 Å². The second-order valence-electron chi connectivity index (χ2n) is 6.61. The van der Waals surface area contributed by atoms with Crippen LogP contribution in [0.15, 0.2) is 63.6 Å². The number of hydrogen-bond donors (Lipinski definition) is 0. The third kappa shape index (κ3) is 3.50. The van der Waals surface area contributed by atoms with Gasteiger partial charge in [0.1, 0.15) is 5.75 Å². The molecule has 28 heavy (non-hydrogen) atoms. The first kappa shape index (κ1) is 18.9. The highest BCUT2D eigenvalue weighted by molar-refractivity contribution is 9.10. The summed E-state index contributed by atoms with van der Waals surface area (Å²) in [6.45, 7) is 0.450. The van der Waals surface area contributed by atoms with Crippen LogP contribution >= 0.6 is 27.7 Å². The molecule has 4 rings (SSSR count). The van der Waals surface area contributed by atoms with Crippen LogP contribution in [-0.4, -0.2) is 30.5 Å². The molecule has 1 atom stereocenters. The van der Waals surface area contributed by atoms with Crippen molar-refractivity contribution in [3.8, 4) is 11.8 Å². The van der Waals surface area contributed by atoms with Crippen LogP contribution in [0.1, 0.15) is 17.9 Å². The summed E-state index contributed by atoms with van der Waals surface area (Å²) in [6, 6.07) is 18.0. The van der Waals surface area contributed by atoms with Crippen LogP contribution in [0.2, 0.25) is 0 Å². The Kier molecular flexibility index (Phi) is 5.33. The van der Waals surface area contributed by atoms with Crippen LogP contribution < -0.4 is 9.64 Å². The molecule has 2 aliphatic heterocycles. The number of allylic oxidation sites excluding steroid dienone is 1. The van der Waals surface area contributed by atoms with Gasteiger partial charge in [0.15, 0.2) is 0 Å². The lowest BCUT2D eigenvalue weighted by Crippen LogP contribution is -2.47. The summed E-state index contributed by atoms with van der Waals surface area (Å²) >= 11 is 4.98. The predicted octanol–water partition coefficient (Wildman–Crippen LogP) is 4.68. The van der Waals surface area contributed by atoms with Crippen LogP contribution in [0.4, 0.5) is 5.69 Å².